The molecule has 2 heterocycles. The minimum atomic E-state index is -0.301. The molecule has 1 unspecified atom stereocenters. The molecule has 4 nitrogen and oxygen atoms in total. The lowest BCUT2D eigenvalue weighted by Gasteiger charge is -2.37. The van der Waals surface area contributed by atoms with Gasteiger partial charge in [0.1, 0.15) is 11.6 Å². The summed E-state index contributed by atoms with van der Waals surface area (Å²) in [6.07, 6.45) is 1.57. The maximum Gasteiger partial charge on any atom is 0.239 e. The summed E-state index contributed by atoms with van der Waals surface area (Å²) in [6.45, 7) is 0. The Bertz CT molecular complexity index is 1030. The van der Waals surface area contributed by atoms with E-state index in [0.29, 0.717) is 10.9 Å². The fraction of sp³-hybridized carbons (Fsp3) is 0.238. The Morgan fingerprint density at radius 2 is 2.07 bits per heavy atom. The van der Waals surface area contributed by atoms with Gasteiger partial charge >= 0.3 is 0 Å². The lowest BCUT2D eigenvalue weighted by Crippen LogP contribution is -2.38. The first-order valence-electron chi connectivity index (χ1n) is 8.85. The van der Waals surface area contributed by atoms with Gasteiger partial charge in [0, 0.05) is 11.1 Å². The third-order valence-electron chi connectivity index (χ3n) is 5.32. The number of halogens is 1. The van der Waals surface area contributed by atoms with Crippen LogP contribution in [0.15, 0.2) is 53.0 Å². The highest BCUT2D eigenvalue weighted by Gasteiger charge is 2.42. The molecule has 2 aromatic carbocycles. The van der Waals surface area contributed by atoms with Crippen LogP contribution in [0.2, 0.25) is 0 Å². The summed E-state index contributed by atoms with van der Waals surface area (Å²) in [5.74, 6) is 0.960. The van der Waals surface area contributed by atoms with Crippen LogP contribution in [-0.2, 0) is 11.2 Å². The molecule has 136 valence electrons. The van der Waals surface area contributed by atoms with E-state index in [4.69, 9.17) is 9.73 Å². The van der Waals surface area contributed by atoms with Crippen LogP contribution in [0.25, 0.3) is 5.70 Å². The van der Waals surface area contributed by atoms with Gasteiger partial charge in [-0.25, -0.2) is 9.38 Å². The fourth-order valence-electron chi connectivity index (χ4n) is 4.18. The Morgan fingerprint density at radius 3 is 2.89 bits per heavy atom. The number of aliphatic imine (C=N–C) groups is 1. The van der Waals surface area contributed by atoms with E-state index in [1.165, 1.54) is 23.9 Å². The second kappa shape index (κ2) is 6.23. The van der Waals surface area contributed by atoms with Crippen molar-refractivity contribution >= 4 is 28.5 Å². The Hall–Kier alpha value is -2.60. The molecule has 1 amide bonds. The van der Waals surface area contributed by atoms with Crippen LogP contribution >= 0.6 is 11.8 Å². The van der Waals surface area contributed by atoms with Crippen LogP contribution < -0.4 is 4.74 Å². The second-order valence-electron chi connectivity index (χ2n) is 6.76. The number of thioether (sulfide) groups is 1. The molecule has 1 fully saturated rings. The lowest BCUT2D eigenvalue weighted by atomic mass is 9.82. The molecule has 0 saturated carbocycles. The number of amides is 1. The highest BCUT2D eigenvalue weighted by Crippen LogP contribution is 2.48. The average molecular weight is 380 g/mol. The molecule has 1 atom stereocenters. The Balaban J connectivity index is 1.74. The largest absolute Gasteiger partial charge is 0.496 e. The third-order valence-corrected chi connectivity index (χ3v) is 6.25. The van der Waals surface area contributed by atoms with Gasteiger partial charge in [-0.05, 0) is 42.2 Å². The van der Waals surface area contributed by atoms with Gasteiger partial charge in [-0.3, -0.25) is 9.69 Å². The number of ether oxygens (including phenoxy) is 1. The van der Waals surface area contributed by atoms with Crippen molar-refractivity contribution in [2.45, 2.75) is 18.9 Å². The lowest BCUT2D eigenvalue weighted by molar-refractivity contribution is -0.125. The normalized spacial score (nSPS) is 20.8. The summed E-state index contributed by atoms with van der Waals surface area (Å²) < 4.78 is 19.5. The fourth-order valence-corrected chi connectivity index (χ4v) is 5.07. The Morgan fingerprint density at radius 1 is 1.22 bits per heavy atom. The first kappa shape index (κ1) is 16.6. The molecule has 1 saturated heterocycles. The van der Waals surface area contributed by atoms with Crippen LogP contribution in [0.1, 0.15) is 29.2 Å². The maximum atomic E-state index is 14.0. The van der Waals surface area contributed by atoms with Crippen molar-refractivity contribution in [1.29, 1.82) is 0 Å². The van der Waals surface area contributed by atoms with Crippen molar-refractivity contribution in [2.24, 2.45) is 4.99 Å². The van der Waals surface area contributed by atoms with Gasteiger partial charge in [0.2, 0.25) is 5.91 Å². The van der Waals surface area contributed by atoms with E-state index in [-0.39, 0.29) is 17.8 Å². The average Bonchev–Trinajstić information content (AvgIpc) is 3.06. The smallest absolute Gasteiger partial charge is 0.239 e. The number of methoxy groups -OCH3 is 1. The first-order valence-corrected chi connectivity index (χ1v) is 9.84. The summed E-state index contributed by atoms with van der Waals surface area (Å²) in [6, 6.07) is 12.2. The number of benzene rings is 2. The van der Waals surface area contributed by atoms with Crippen molar-refractivity contribution in [2.75, 3.05) is 12.9 Å². The zero-order valence-corrected chi connectivity index (χ0v) is 15.6. The van der Waals surface area contributed by atoms with E-state index in [9.17, 15) is 9.18 Å². The van der Waals surface area contributed by atoms with Gasteiger partial charge in [0.05, 0.1) is 24.6 Å². The van der Waals surface area contributed by atoms with Gasteiger partial charge in [0.25, 0.3) is 0 Å². The van der Waals surface area contributed by atoms with Gasteiger partial charge < -0.3 is 4.74 Å². The number of nitrogens with zero attached hydrogens (tertiary/aromatic N) is 2. The van der Waals surface area contributed by atoms with Crippen molar-refractivity contribution in [1.82, 2.24) is 4.90 Å². The standard InChI is InChI=1S/C21H17FN2O2S/c1-26-17-7-3-6-15-14(17)8-9-16-19(15)23-21-24(18(25)11-27-21)20(16)12-4-2-5-13(22)10-12/h2-7,10,20H,8-9,11H2,1H3. The number of hydrogen-bond acceptors (Lipinski definition) is 4. The molecule has 0 bridgehead atoms. The summed E-state index contributed by atoms with van der Waals surface area (Å²) >= 11 is 1.44. The van der Waals surface area contributed by atoms with Crippen LogP contribution in [0.5, 0.6) is 5.75 Å². The summed E-state index contributed by atoms with van der Waals surface area (Å²) in [4.78, 5) is 19.2. The molecular weight excluding hydrogens is 363 g/mol. The first-order chi connectivity index (χ1) is 13.2. The van der Waals surface area contributed by atoms with Crippen molar-refractivity contribution in [3.05, 3.63) is 70.5 Å². The second-order valence-corrected chi connectivity index (χ2v) is 7.71. The maximum absolute atomic E-state index is 14.0. The predicted octanol–water partition coefficient (Wildman–Crippen LogP) is 4.18. The van der Waals surface area contributed by atoms with Crippen LogP contribution in [0, 0.1) is 5.82 Å². The van der Waals surface area contributed by atoms with E-state index >= 15 is 0 Å². The van der Waals surface area contributed by atoms with E-state index in [1.807, 2.05) is 18.2 Å². The number of rotatable bonds is 2. The van der Waals surface area contributed by atoms with E-state index in [2.05, 4.69) is 6.07 Å². The Kier molecular flexibility index (Phi) is 3.82. The number of hydrogen-bond donors (Lipinski definition) is 0. The molecule has 0 N–H and O–H groups in total. The van der Waals surface area contributed by atoms with E-state index in [0.717, 1.165) is 46.6 Å². The van der Waals surface area contributed by atoms with E-state index < -0.39 is 0 Å². The van der Waals surface area contributed by atoms with Crippen LogP contribution in [0.3, 0.4) is 0 Å². The molecule has 2 aliphatic heterocycles. The molecule has 5 rings (SSSR count). The molecule has 0 spiro atoms. The van der Waals surface area contributed by atoms with Gasteiger partial charge in [-0.1, -0.05) is 36.0 Å². The SMILES string of the molecule is COc1cccc2c1CCC1=C2N=C2SCC(=O)N2C1c1cccc(F)c1. The molecule has 2 aromatic rings. The topological polar surface area (TPSA) is 41.9 Å². The Labute approximate surface area is 160 Å². The summed E-state index contributed by atoms with van der Waals surface area (Å²) in [7, 11) is 1.68. The molecule has 3 aliphatic rings. The minimum absolute atomic E-state index is 0.0241. The molecule has 1 aliphatic carbocycles. The molecule has 27 heavy (non-hydrogen) atoms. The number of amidine groups is 1. The summed E-state index contributed by atoms with van der Waals surface area (Å²) in [5.41, 5.74) is 4.95. The predicted molar refractivity (Wildman–Crippen MR) is 104 cm³/mol. The molecule has 0 aromatic heterocycles. The van der Waals surface area contributed by atoms with Crippen molar-refractivity contribution in [3.63, 3.8) is 0 Å². The summed E-state index contributed by atoms with van der Waals surface area (Å²) in [5, 5.41) is 0.698. The van der Waals surface area contributed by atoms with Gasteiger partial charge in [-0.15, -0.1) is 0 Å². The molecule has 6 heteroatoms. The van der Waals surface area contributed by atoms with Crippen molar-refractivity contribution in [3.8, 4) is 5.75 Å². The quantitative estimate of drug-likeness (QED) is 0.785. The minimum Gasteiger partial charge on any atom is -0.496 e. The van der Waals surface area contributed by atoms with Crippen LogP contribution in [-0.4, -0.2) is 28.8 Å². The number of fused-ring (bicyclic) bond motifs is 3. The highest BCUT2D eigenvalue weighted by atomic mass is 32.2. The zero-order valence-electron chi connectivity index (χ0n) is 14.7. The number of carbonyl (C=O) groups is 1. The van der Waals surface area contributed by atoms with Crippen LogP contribution in [0.4, 0.5) is 4.39 Å². The molecule has 0 radical (unpaired) electrons. The van der Waals surface area contributed by atoms with Gasteiger partial charge in [-0.2, -0.15) is 0 Å². The monoisotopic (exact) mass is 380 g/mol. The third kappa shape index (κ3) is 2.51. The highest BCUT2D eigenvalue weighted by molar-refractivity contribution is 8.15. The number of carbonyl (C=O) groups excluding carboxylic acids is 1. The zero-order chi connectivity index (χ0) is 18.5. The van der Waals surface area contributed by atoms with E-state index in [1.54, 1.807) is 18.1 Å². The van der Waals surface area contributed by atoms with Crippen molar-refractivity contribution < 1.29 is 13.9 Å². The molecular formula is C21H17FN2O2S. The van der Waals surface area contributed by atoms with Gasteiger partial charge in [0.15, 0.2) is 5.17 Å².